The number of aliphatic carboxylic acids is 2. The Balaban J connectivity index is 1.22. The normalized spacial score (nSPS) is 12.9. The second-order valence-electron chi connectivity index (χ2n) is 18.3. The first-order chi connectivity index (χ1) is 34.5. The Bertz CT molecular complexity index is 2230. The summed E-state index contributed by atoms with van der Waals surface area (Å²) in [6, 6.07) is 29.4. The molecule has 12 heteroatoms. The molecule has 4 rings (SSSR count). The lowest BCUT2D eigenvalue weighted by Gasteiger charge is -2.47. The summed E-state index contributed by atoms with van der Waals surface area (Å²) in [7, 11) is 3.22. The maximum atomic E-state index is 13.6. The molecule has 0 amide bonds. The fraction of sp³-hybridized carbons (Fsp3) is 0.458. The zero-order chi connectivity index (χ0) is 51.2. The van der Waals surface area contributed by atoms with E-state index in [1.54, 1.807) is 68.8 Å². The number of methoxy groups -OCH3 is 2. The van der Waals surface area contributed by atoms with Crippen LogP contribution in [0.1, 0.15) is 156 Å². The molecule has 2 unspecified atom stereocenters. The second kappa shape index (κ2) is 31.9. The van der Waals surface area contributed by atoms with Crippen molar-refractivity contribution < 1.29 is 48.3 Å². The molecule has 2 atom stereocenters. The Hall–Kier alpha value is -6.24. The first-order valence-corrected chi connectivity index (χ1v) is 25.6. The van der Waals surface area contributed by atoms with E-state index < -0.39 is 28.9 Å². The third-order valence-electron chi connectivity index (χ3n) is 13.4. The molecule has 384 valence electrons. The summed E-state index contributed by atoms with van der Waals surface area (Å²) in [5.74, 6) is -2.32. The molecule has 12 nitrogen and oxygen atoms in total. The predicted octanol–water partition coefficient (Wildman–Crippen LogP) is 12.2. The van der Waals surface area contributed by atoms with Crippen molar-refractivity contribution in [2.24, 2.45) is 16.9 Å². The third kappa shape index (κ3) is 18.5. The molecule has 0 fully saturated rings. The average molecular weight is 975 g/mol. The summed E-state index contributed by atoms with van der Waals surface area (Å²) in [5, 5.41) is 22.1. The van der Waals surface area contributed by atoms with Crippen LogP contribution in [0.3, 0.4) is 0 Å². The molecular formula is C59H78N2O10. The van der Waals surface area contributed by atoms with Crippen LogP contribution in [0.25, 0.3) is 12.2 Å². The molecule has 6 N–H and O–H groups in total. The van der Waals surface area contributed by atoms with Crippen molar-refractivity contribution in [3.63, 3.8) is 0 Å². The summed E-state index contributed by atoms with van der Waals surface area (Å²) >= 11 is 0. The van der Waals surface area contributed by atoms with Gasteiger partial charge in [-0.1, -0.05) is 175 Å². The van der Waals surface area contributed by atoms with Gasteiger partial charge >= 0.3 is 23.9 Å². The zero-order valence-corrected chi connectivity index (χ0v) is 42.1. The van der Waals surface area contributed by atoms with Crippen LogP contribution < -0.4 is 20.9 Å². The highest BCUT2D eigenvalue weighted by Crippen LogP contribution is 2.50. The van der Waals surface area contributed by atoms with E-state index in [4.69, 9.17) is 30.4 Å². The molecule has 0 aliphatic carbocycles. The van der Waals surface area contributed by atoms with E-state index in [1.807, 2.05) is 60.7 Å². The average Bonchev–Trinajstić information content (AvgIpc) is 3.38. The molecule has 0 saturated carbocycles. The molecule has 0 spiro atoms. The van der Waals surface area contributed by atoms with Crippen LogP contribution in [0.2, 0.25) is 0 Å². The highest BCUT2D eigenvalue weighted by atomic mass is 16.5. The predicted molar refractivity (Wildman–Crippen MR) is 281 cm³/mol. The highest BCUT2D eigenvalue weighted by Gasteiger charge is 2.65. The standard InChI is InChI=1S/C59H78N2O10/c1-68-50-37-31-46(32-38-50)35-41-53(62)70-44-24-15-11-7-3-5-9-13-18-26-48-27-21-22-30-52(48)58(61,59(56(64)65,57(66)67)55(60)49-28-19-17-20-29-49)43-23-14-10-6-4-8-12-16-25-45-71-54(63)42-36-47-33-39-51(69-2)40-34-47/h17,19-22,27-42,55H,3-16,18,23-26,43-45,60-61H2,1-2H3,(H,64,65)(H,66,67). The van der Waals surface area contributed by atoms with Crippen LogP contribution in [-0.4, -0.2) is 61.5 Å². The Morgan fingerprint density at radius 1 is 0.521 bits per heavy atom. The summed E-state index contributed by atoms with van der Waals surface area (Å²) in [5.41, 5.74) is 13.3. The molecule has 0 aromatic heterocycles. The number of hydrogen-bond acceptors (Lipinski definition) is 10. The van der Waals surface area contributed by atoms with Crippen LogP contribution in [0, 0.1) is 5.41 Å². The van der Waals surface area contributed by atoms with Gasteiger partial charge in [-0.25, -0.2) is 9.59 Å². The van der Waals surface area contributed by atoms with Gasteiger partial charge in [0.2, 0.25) is 5.41 Å². The SMILES string of the molecule is COc1ccc(C=CC(=O)OCCCCCCCCCCCc2ccccc2C(N)(CCCCCCCCCCCOC(=O)C=Cc2ccc(OC)cc2)C(C(=O)O)(C(=O)O)C(N)c2ccccc2)cc1. The van der Waals surface area contributed by atoms with E-state index in [9.17, 15) is 29.4 Å². The number of carbonyl (C=O) groups excluding carboxylic acids is 2. The van der Waals surface area contributed by atoms with Gasteiger partial charge in [0.15, 0.2) is 0 Å². The van der Waals surface area contributed by atoms with Crippen molar-refractivity contribution in [2.45, 2.75) is 140 Å². The summed E-state index contributed by atoms with van der Waals surface area (Å²) in [4.78, 5) is 51.5. The van der Waals surface area contributed by atoms with Gasteiger partial charge in [-0.15, -0.1) is 0 Å². The number of carbonyl (C=O) groups is 4. The van der Waals surface area contributed by atoms with E-state index in [1.165, 1.54) is 12.2 Å². The summed E-state index contributed by atoms with van der Waals surface area (Å²) < 4.78 is 21.0. The molecule has 4 aromatic carbocycles. The Morgan fingerprint density at radius 3 is 1.35 bits per heavy atom. The summed E-state index contributed by atoms with van der Waals surface area (Å²) in [6.07, 6.45) is 24.1. The topological polar surface area (TPSA) is 198 Å². The van der Waals surface area contributed by atoms with Crippen molar-refractivity contribution in [3.05, 3.63) is 143 Å². The Labute approximate surface area is 421 Å². The first kappa shape index (κ1) is 57.3. The third-order valence-corrected chi connectivity index (χ3v) is 13.4. The molecule has 0 aliphatic rings. The molecule has 71 heavy (non-hydrogen) atoms. The largest absolute Gasteiger partial charge is 0.497 e. The van der Waals surface area contributed by atoms with Crippen LogP contribution in [-0.2, 0) is 40.6 Å². The number of esters is 2. The number of ether oxygens (including phenoxy) is 4. The van der Waals surface area contributed by atoms with Crippen LogP contribution in [0.5, 0.6) is 11.5 Å². The maximum absolute atomic E-state index is 13.6. The van der Waals surface area contributed by atoms with E-state index in [-0.39, 0.29) is 18.4 Å². The first-order valence-electron chi connectivity index (χ1n) is 25.6. The number of benzene rings is 4. The van der Waals surface area contributed by atoms with Gasteiger partial charge < -0.3 is 40.6 Å². The van der Waals surface area contributed by atoms with Crippen molar-refractivity contribution in [1.82, 2.24) is 0 Å². The quantitative estimate of drug-likeness (QED) is 0.0146. The van der Waals surface area contributed by atoms with E-state index in [2.05, 4.69) is 0 Å². The molecule has 0 saturated heterocycles. The lowest BCUT2D eigenvalue weighted by molar-refractivity contribution is -0.174. The van der Waals surface area contributed by atoms with Gasteiger partial charge in [0.05, 0.1) is 39.0 Å². The molecule has 4 aromatic rings. The molecule has 0 bridgehead atoms. The van der Waals surface area contributed by atoms with Gasteiger partial charge in [0, 0.05) is 12.2 Å². The van der Waals surface area contributed by atoms with E-state index in [0.717, 1.165) is 137 Å². The number of rotatable bonds is 36. The number of nitrogens with two attached hydrogens (primary N) is 2. The Kier molecular flexibility index (Phi) is 25.7. The van der Waals surface area contributed by atoms with Crippen molar-refractivity contribution in [3.8, 4) is 11.5 Å². The molecular weight excluding hydrogens is 897 g/mol. The van der Waals surface area contributed by atoms with Gasteiger partial charge in [0.1, 0.15) is 11.5 Å². The lowest BCUT2D eigenvalue weighted by atomic mass is 9.58. The highest BCUT2D eigenvalue weighted by molar-refractivity contribution is 6.01. The van der Waals surface area contributed by atoms with Gasteiger partial charge in [-0.3, -0.25) is 9.59 Å². The van der Waals surface area contributed by atoms with Crippen molar-refractivity contribution in [2.75, 3.05) is 27.4 Å². The minimum Gasteiger partial charge on any atom is -0.497 e. The number of unbranched alkanes of at least 4 members (excludes halogenated alkanes) is 16. The van der Waals surface area contributed by atoms with E-state index >= 15 is 0 Å². The monoisotopic (exact) mass is 975 g/mol. The fourth-order valence-corrected chi connectivity index (χ4v) is 9.24. The van der Waals surface area contributed by atoms with Gasteiger partial charge in [-0.05, 0) is 96.3 Å². The number of carboxylic acid groups (broad SMARTS) is 2. The molecule has 0 heterocycles. The number of hydrogen-bond donors (Lipinski definition) is 4. The van der Waals surface area contributed by atoms with Gasteiger partial charge in [-0.2, -0.15) is 0 Å². The fourth-order valence-electron chi connectivity index (χ4n) is 9.24. The minimum atomic E-state index is -2.57. The zero-order valence-electron chi connectivity index (χ0n) is 42.1. The summed E-state index contributed by atoms with van der Waals surface area (Å²) in [6.45, 7) is 0.767. The van der Waals surface area contributed by atoms with Crippen molar-refractivity contribution >= 4 is 36.0 Å². The van der Waals surface area contributed by atoms with Crippen LogP contribution in [0.15, 0.2) is 115 Å². The maximum Gasteiger partial charge on any atom is 0.330 e. The van der Waals surface area contributed by atoms with Gasteiger partial charge in [0.25, 0.3) is 0 Å². The smallest absolute Gasteiger partial charge is 0.330 e. The van der Waals surface area contributed by atoms with Crippen LogP contribution in [0.4, 0.5) is 0 Å². The number of carboxylic acids is 2. The lowest BCUT2D eigenvalue weighted by Crippen LogP contribution is -2.65. The molecule has 0 radical (unpaired) electrons. The minimum absolute atomic E-state index is 0.126. The second-order valence-corrected chi connectivity index (χ2v) is 18.3. The number of aryl methyl sites for hydroxylation is 1. The van der Waals surface area contributed by atoms with Crippen molar-refractivity contribution in [1.29, 1.82) is 0 Å². The Morgan fingerprint density at radius 2 is 0.915 bits per heavy atom. The van der Waals surface area contributed by atoms with E-state index in [0.29, 0.717) is 37.2 Å². The van der Waals surface area contributed by atoms with Crippen LogP contribution >= 0.6 is 0 Å². The molecule has 0 aliphatic heterocycles.